The van der Waals surface area contributed by atoms with Crippen LogP contribution in [-0.2, 0) is 9.59 Å². The second kappa shape index (κ2) is 5.72. The van der Waals surface area contributed by atoms with Crippen LogP contribution in [0.3, 0.4) is 0 Å². The van der Waals surface area contributed by atoms with Crippen molar-refractivity contribution in [2.75, 3.05) is 13.1 Å². The van der Waals surface area contributed by atoms with Crippen LogP contribution in [0, 0.1) is 10.8 Å². The van der Waals surface area contributed by atoms with E-state index in [9.17, 15) is 14.7 Å². The molecule has 5 heteroatoms. The smallest absolute Gasteiger partial charge is 0.311 e. The standard InChI is InChI=1S/C15H26N2O3/c1-3-6-15(8-9-16-10-15)12(18)17-11-5-4-7-14(11,2)13(19)20/h11,16H,3-10H2,1-2H3,(H,17,18)(H,19,20). The molecular weight excluding hydrogens is 256 g/mol. The Hall–Kier alpha value is -1.10. The summed E-state index contributed by atoms with van der Waals surface area (Å²) in [6, 6.07) is -0.234. The van der Waals surface area contributed by atoms with Gasteiger partial charge in [-0.15, -0.1) is 0 Å². The first kappa shape index (κ1) is 15.3. The zero-order valence-corrected chi connectivity index (χ0v) is 12.5. The van der Waals surface area contributed by atoms with Gasteiger partial charge in [-0.1, -0.05) is 19.8 Å². The molecule has 0 aromatic heterocycles. The lowest BCUT2D eigenvalue weighted by Crippen LogP contribution is -2.52. The van der Waals surface area contributed by atoms with Crippen molar-refractivity contribution in [3.05, 3.63) is 0 Å². The van der Waals surface area contributed by atoms with Crippen LogP contribution >= 0.6 is 0 Å². The van der Waals surface area contributed by atoms with Crippen LogP contribution in [0.2, 0.25) is 0 Å². The summed E-state index contributed by atoms with van der Waals surface area (Å²) in [5.74, 6) is -0.752. The Kier molecular flexibility index (Phi) is 4.37. The van der Waals surface area contributed by atoms with E-state index in [0.717, 1.165) is 38.6 Å². The lowest BCUT2D eigenvalue weighted by atomic mass is 9.79. The minimum atomic E-state index is -0.810. The summed E-state index contributed by atoms with van der Waals surface area (Å²) in [7, 11) is 0. The van der Waals surface area contributed by atoms with Gasteiger partial charge in [-0.05, 0) is 39.2 Å². The summed E-state index contributed by atoms with van der Waals surface area (Å²) >= 11 is 0. The summed E-state index contributed by atoms with van der Waals surface area (Å²) in [5, 5.41) is 15.8. The van der Waals surface area contributed by atoms with E-state index in [-0.39, 0.29) is 17.4 Å². The fourth-order valence-electron chi connectivity index (χ4n) is 3.71. The van der Waals surface area contributed by atoms with Gasteiger partial charge in [0.25, 0.3) is 0 Å². The number of carbonyl (C=O) groups excluding carboxylic acids is 1. The minimum absolute atomic E-state index is 0.0451. The third kappa shape index (κ3) is 2.55. The van der Waals surface area contributed by atoms with E-state index in [2.05, 4.69) is 17.6 Å². The number of carbonyl (C=O) groups is 2. The van der Waals surface area contributed by atoms with Gasteiger partial charge in [0.15, 0.2) is 0 Å². The molecular formula is C15H26N2O3. The number of hydrogen-bond donors (Lipinski definition) is 3. The predicted molar refractivity (Wildman–Crippen MR) is 76.4 cm³/mol. The number of carboxylic acids is 1. The van der Waals surface area contributed by atoms with E-state index >= 15 is 0 Å². The molecule has 0 aromatic rings. The number of carboxylic acid groups (broad SMARTS) is 1. The predicted octanol–water partition coefficient (Wildman–Crippen LogP) is 1.53. The Morgan fingerprint density at radius 1 is 1.40 bits per heavy atom. The van der Waals surface area contributed by atoms with E-state index in [1.165, 1.54) is 0 Å². The highest BCUT2D eigenvalue weighted by Crippen LogP contribution is 2.39. The molecule has 1 heterocycles. The Labute approximate surface area is 120 Å². The molecule has 2 rings (SSSR count). The lowest BCUT2D eigenvalue weighted by Gasteiger charge is -2.33. The van der Waals surface area contributed by atoms with Gasteiger partial charge in [-0.2, -0.15) is 0 Å². The highest BCUT2D eigenvalue weighted by Gasteiger charge is 2.48. The van der Waals surface area contributed by atoms with Gasteiger partial charge >= 0.3 is 5.97 Å². The molecule has 0 spiro atoms. The van der Waals surface area contributed by atoms with Crippen LogP contribution in [0.1, 0.15) is 52.4 Å². The molecule has 2 aliphatic rings. The quantitative estimate of drug-likeness (QED) is 0.714. The highest BCUT2D eigenvalue weighted by molar-refractivity contribution is 5.85. The summed E-state index contributed by atoms with van der Waals surface area (Å²) < 4.78 is 0. The zero-order chi connectivity index (χ0) is 14.8. The summed E-state index contributed by atoms with van der Waals surface area (Å²) in [5.41, 5.74) is -1.15. The molecule has 114 valence electrons. The van der Waals surface area contributed by atoms with Crippen molar-refractivity contribution in [3.63, 3.8) is 0 Å². The van der Waals surface area contributed by atoms with Crippen LogP contribution < -0.4 is 10.6 Å². The van der Waals surface area contributed by atoms with Crippen LogP contribution in [0.15, 0.2) is 0 Å². The molecule has 3 N–H and O–H groups in total. The largest absolute Gasteiger partial charge is 0.481 e. The van der Waals surface area contributed by atoms with Crippen LogP contribution in [-0.4, -0.2) is 36.1 Å². The van der Waals surface area contributed by atoms with Gasteiger partial charge in [-0.3, -0.25) is 9.59 Å². The molecule has 20 heavy (non-hydrogen) atoms. The molecule has 1 amide bonds. The average Bonchev–Trinajstić information content (AvgIpc) is 3.00. The van der Waals surface area contributed by atoms with Gasteiger partial charge in [0.05, 0.1) is 10.8 Å². The summed E-state index contributed by atoms with van der Waals surface area (Å²) in [6.45, 7) is 5.43. The van der Waals surface area contributed by atoms with Crippen molar-refractivity contribution in [2.45, 2.75) is 58.4 Å². The van der Waals surface area contributed by atoms with E-state index in [1.807, 2.05) is 0 Å². The van der Waals surface area contributed by atoms with Gasteiger partial charge in [0.1, 0.15) is 0 Å². The Morgan fingerprint density at radius 2 is 2.15 bits per heavy atom. The number of amides is 1. The monoisotopic (exact) mass is 282 g/mol. The molecule has 0 aromatic carbocycles. The first-order valence-electron chi connectivity index (χ1n) is 7.70. The molecule has 3 atom stereocenters. The van der Waals surface area contributed by atoms with Crippen molar-refractivity contribution >= 4 is 11.9 Å². The molecule has 1 aliphatic carbocycles. The third-order valence-electron chi connectivity index (χ3n) is 5.21. The van der Waals surface area contributed by atoms with Crippen molar-refractivity contribution in [2.24, 2.45) is 10.8 Å². The van der Waals surface area contributed by atoms with E-state index in [4.69, 9.17) is 0 Å². The van der Waals surface area contributed by atoms with Crippen molar-refractivity contribution < 1.29 is 14.7 Å². The van der Waals surface area contributed by atoms with Crippen molar-refractivity contribution in [1.29, 1.82) is 0 Å². The first-order chi connectivity index (χ1) is 9.44. The molecule has 2 fully saturated rings. The van der Waals surface area contributed by atoms with Crippen LogP contribution in [0.4, 0.5) is 0 Å². The maximum Gasteiger partial charge on any atom is 0.311 e. The SMILES string of the molecule is CCCC1(C(=O)NC2CCCC2(C)C(=O)O)CCNC1. The van der Waals surface area contributed by atoms with Gasteiger partial charge in [0.2, 0.25) is 5.91 Å². The third-order valence-corrected chi connectivity index (χ3v) is 5.21. The molecule has 1 saturated carbocycles. The minimum Gasteiger partial charge on any atom is -0.481 e. The second-order valence-electron chi connectivity index (χ2n) is 6.60. The van der Waals surface area contributed by atoms with Crippen LogP contribution in [0.25, 0.3) is 0 Å². The Morgan fingerprint density at radius 3 is 2.70 bits per heavy atom. The van der Waals surface area contributed by atoms with E-state index < -0.39 is 11.4 Å². The molecule has 1 saturated heterocycles. The average molecular weight is 282 g/mol. The first-order valence-corrected chi connectivity index (χ1v) is 7.70. The van der Waals surface area contributed by atoms with Gasteiger partial charge < -0.3 is 15.7 Å². The number of aliphatic carboxylic acids is 1. The molecule has 0 bridgehead atoms. The van der Waals surface area contributed by atoms with Crippen LogP contribution in [0.5, 0.6) is 0 Å². The van der Waals surface area contributed by atoms with E-state index in [0.29, 0.717) is 13.0 Å². The summed E-state index contributed by atoms with van der Waals surface area (Å²) in [4.78, 5) is 24.2. The number of nitrogens with one attached hydrogen (secondary N) is 2. The maximum atomic E-state index is 12.7. The topological polar surface area (TPSA) is 78.4 Å². The molecule has 5 nitrogen and oxygen atoms in total. The Bertz CT molecular complexity index is 391. The van der Waals surface area contributed by atoms with Crippen molar-refractivity contribution in [1.82, 2.24) is 10.6 Å². The second-order valence-corrected chi connectivity index (χ2v) is 6.60. The molecule has 3 unspecified atom stereocenters. The fourth-order valence-corrected chi connectivity index (χ4v) is 3.71. The maximum absolute atomic E-state index is 12.7. The normalized spacial score (nSPS) is 37.0. The molecule has 0 radical (unpaired) electrons. The van der Waals surface area contributed by atoms with E-state index in [1.54, 1.807) is 6.92 Å². The zero-order valence-electron chi connectivity index (χ0n) is 12.5. The van der Waals surface area contributed by atoms with Crippen molar-refractivity contribution in [3.8, 4) is 0 Å². The van der Waals surface area contributed by atoms with Gasteiger partial charge in [0, 0.05) is 12.6 Å². The Balaban J connectivity index is 2.08. The number of hydrogen-bond acceptors (Lipinski definition) is 3. The molecule has 1 aliphatic heterocycles. The van der Waals surface area contributed by atoms with Gasteiger partial charge in [-0.25, -0.2) is 0 Å². The summed E-state index contributed by atoms with van der Waals surface area (Å²) in [6.07, 6.45) is 4.96. The number of rotatable bonds is 5. The fraction of sp³-hybridized carbons (Fsp3) is 0.867. The highest BCUT2D eigenvalue weighted by atomic mass is 16.4. The lowest BCUT2D eigenvalue weighted by molar-refractivity contribution is -0.149.